The zero-order valence-electron chi connectivity index (χ0n) is 3.65. The monoisotopic (exact) mass is 176 g/mol. The Hall–Kier alpha value is 0.669. The Morgan fingerprint density at radius 2 is 1.80 bits per heavy atom. The van der Waals surface area contributed by atoms with Crippen molar-refractivity contribution in [2.24, 2.45) is 5.92 Å². The first-order chi connectivity index (χ1) is 2.27. The standard InChI is InChI=1S/C4H8.Sn/c1-4(2)3;/h1,4H,2-3H3;. The molecule has 2 radical (unpaired) electrons. The Labute approximate surface area is 46.2 Å². The van der Waals surface area contributed by atoms with Gasteiger partial charge in [0.25, 0.3) is 0 Å². The molecule has 0 unspecified atom stereocenters. The summed E-state index contributed by atoms with van der Waals surface area (Å²) in [6.07, 6.45) is 0. The second-order valence-electron chi connectivity index (χ2n) is 1.41. The van der Waals surface area contributed by atoms with Gasteiger partial charge in [0, 0.05) is 0 Å². The van der Waals surface area contributed by atoms with Crippen LogP contribution in [0.5, 0.6) is 0 Å². The quantitative estimate of drug-likeness (QED) is 0.512. The molecule has 0 aromatic heterocycles. The van der Waals surface area contributed by atoms with Crippen LogP contribution in [0.2, 0.25) is 0 Å². The second-order valence-corrected chi connectivity index (χ2v) is 2.36. The molecule has 0 atom stereocenters. The van der Waals surface area contributed by atoms with E-state index in [1.54, 1.807) is 0 Å². The summed E-state index contributed by atoms with van der Waals surface area (Å²) in [6, 6.07) is 0. The predicted molar refractivity (Wildman–Crippen MR) is 26.7 cm³/mol. The minimum absolute atomic E-state index is 0.799. The van der Waals surface area contributed by atoms with Gasteiger partial charge in [-0.3, -0.25) is 0 Å². The summed E-state index contributed by atoms with van der Waals surface area (Å²) in [5.41, 5.74) is 0. The Morgan fingerprint density at radius 3 is 1.80 bits per heavy atom. The molecule has 0 saturated carbocycles. The van der Waals surface area contributed by atoms with Crippen LogP contribution in [-0.2, 0) is 0 Å². The first-order valence-electron chi connectivity index (χ1n) is 1.78. The minimum atomic E-state index is 0.799. The zero-order chi connectivity index (χ0) is 4.28. The van der Waals surface area contributed by atoms with Crippen molar-refractivity contribution in [2.45, 2.75) is 13.8 Å². The van der Waals surface area contributed by atoms with Crippen LogP contribution in [0.1, 0.15) is 13.8 Å². The van der Waals surface area contributed by atoms with E-state index in [-0.39, 0.29) is 0 Å². The van der Waals surface area contributed by atoms with E-state index in [2.05, 4.69) is 17.9 Å². The Balaban J connectivity index is 2.83. The Bertz CT molecular complexity index is 30.6. The van der Waals surface area contributed by atoms with Crippen molar-refractivity contribution in [3.8, 4) is 0 Å². The molecular formula is C4H8Sn. The van der Waals surface area contributed by atoms with Crippen LogP contribution >= 0.6 is 0 Å². The van der Waals surface area contributed by atoms with Crippen molar-refractivity contribution in [1.29, 1.82) is 0 Å². The van der Waals surface area contributed by atoms with Crippen LogP contribution in [0.15, 0.2) is 0 Å². The normalized spacial score (nSPS) is 8.60. The summed E-state index contributed by atoms with van der Waals surface area (Å²) < 4.78 is 2.26. The van der Waals surface area contributed by atoms with E-state index in [1.807, 2.05) is 0 Å². The molecule has 0 bridgehead atoms. The Morgan fingerprint density at radius 1 is 1.60 bits per heavy atom. The summed E-state index contributed by atoms with van der Waals surface area (Å²) in [6.45, 7) is 4.38. The molecule has 0 spiro atoms. The van der Waals surface area contributed by atoms with Crippen LogP contribution in [-0.4, -0.2) is 26.1 Å². The summed E-state index contributed by atoms with van der Waals surface area (Å²) >= 11 is 1.54. The summed E-state index contributed by atoms with van der Waals surface area (Å²) in [7, 11) is 0. The predicted octanol–water partition coefficient (Wildman–Crippen LogP) is 0.613. The molecule has 0 fully saturated rings. The topological polar surface area (TPSA) is 0 Å². The molecule has 0 aliphatic carbocycles. The summed E-state index contributed by atoms with van der Waals surface area (Å²) in [5.74, 6) is 0.799. The molecule has 0 aromatic rings. The first-order valence-corrected chi connectivity index (χ1v) is 3.42. The molecule has 0 amide bonds. The van der Waals surface area contributed by atoms with Crippen molar-refractivity contribution >= 4 is 26.1 Å². The van der Waals surface area contributed by atoms with Gasteiger partial charge in [0.05, 0.1) is 0 Å². The SMILES string of the molecule is CC(C)[CH]=[Sn]. The van der Waals surface area contributed by atoms with Gasteiger partial charge in [0.15, 0.2) is 0 Å². The fraction of sp³-hybridized carbons (Fsp3) is 0.750. The van der Waals surface area contributed by atoms with E-state index in [9.17, 15) is 0 Å². The molecule has 0 aliphatic heterocycles. The van der Waals surface area contributed by atoms with E-state index in [0.29, 0.717) is 0 Å². The first kappa shape index (κ1) is 5.67. The van der Waals surface area contributed by atoms with Gasteiger partial charge >= 0.3 is 45.8 Å². The molecule has 1 heteroatoms. The summed E-state index contributed by atoms with van der Waals surface area (Å²) in [4.78, 5) is 0. The van der Waals surface area contributed by atoms with Crippen molar-refractivity contribution in [3.63, 3.8) is 0 Å². The fourth-order valence-electron chi connectivity index (χ4n) is 0. The van der Waals surface area contributed by atoms with Crippen molar-refractivity contribution in [2.75, 3.05) is 0 Å². The third-order valence-electron chi connectivity index (χ3n) is 0.333. The van der Waals surface area contributed by atoms with Crippen LogP contribution in [0.3, 0.4) is 0 Å². The van der Waals surface area contributed by atoms with E-state index >= 15 is 0 Å². The van der Waals surface area contributed by atoms with Crippen LogP contribution in [0, 0.1) is 5.92 Å². The second kappa shape index (κ2) is 2.88. The zero-order valence-corrected chi connectivity index (χ0v) is 6.51. The molecule has 0 aromatic carbocycles. The van der Waals surface area contributed by atoms with Crippen LogP contribution < -0.4 is 0 Å². The molecule has 5 heavy (non-hydrogen) atoms. The van der Waals surface area contributed by atoms with Crippen LogP contribution in [0.4, 0.5) is 0 Å². The molecule has 0 aliphatic rings. The average Bonchev–Trinajstić information content (AvgIpc) is 1.38. The molecule has 28 valence electrons. The van der Waals surface area contributed by atoms with Gasteiger partial charge in [-0.15, -0.1) is 0 Å². The summed E-state index contributed by atoms with van der Waals surface area (Å²) in [5, 5.41) is 0. The van der Waals surface area contributed by atoms with E-state index < -0.39 is 0 Å². The van der Waals surface area contributed by atoms with E-state index in [0.717, 1.165) is 5.92 Å². The number of hydrogen-bond acceptors (Lipinski definition) is 0. The van der Waals surface area contributed by atoms with Gasteiger partial charge in [-0.1, -0.05) is 0 Å². The molecular weight excluding hydrogens is 167 g/mol. The Kier molecular flexibility index (Phi) is 3.27. The molecule has 0 rings (SSSR count). The molecule has 0 nitrogen and oxygen atoms in total. The number of rotatable bonds is 1. The van der Waals surface area contributed by atoms with Crippen molar-refractivity contribution in [3.05, 3.63) is 0 Å². The molecule has 0 heterocycles. The average molecular weight is 175 g/mol. The molecule has 0 N–H and O–H groups in total. The van der Waals surface area contributed by atoms with Gasteiger partial charge in [-0.25, -0.2) is 0 Å². The van der Waals surface area contributed by atoms with Crippen LogP contribution in [0.25, 0.3) is 0 Å². The number of hydrogen-bond donors (Lipinski definition) is 0. The maximum absolute atomic E-state index is 2.26. The van der Waals surface area contributed by atoms with Crippen molar-refractivity contribution in [1.82, 2.24) is 0 Å². The fourth-order valence-corrected chi connectivity index (χ4v) is 0. The van der Waals surface area contributed by atoms with Gasteiger partial charge in [-0.2, -0.15) is 0 Å². The third-order valence-corrected chi connectivity index (χ3v) is 2.24. The van der Waals surface area contributed by atoms with Crippen molar-refractivity contribution < 1.29 is 0 Å². The maximum atomic E-state index is 2.26. The van der Waals surface area contributed by atoms with Gasteiger partial charge < -0.3 is 0 Å². The van der Waals surface area contributed by atoms with E-state index in [4.69, 9.17) is 0 Å². The van der Waals surface area contributed by atoms with Gasteiger partial charge in [0.2, 0.25) is 0 Å². The van der Waals surface area contributed by atoms with Gasteiger partial charge in [0.1, 0.15) is 0 Å². The molecule has 0 saturated heterocycles. The van der Waals surface area contributed by atoms with E-state index in [1.165, 1.54) is 22.1 Å². The third kappa shape index (κ3) is 4.67. The van der Waals surface area contributed by atoms with Gasteiger partial charge in [-0.05, 0) is 0 Å².